The molecule has 5 nitrogen and oxygen atoms in total. The molecule has 4 aromatic rings. The van der Waals surface area contributed by atoms with E-state index in [0.29, 0.717) is 22.4 Å². The first-order valence-corrected chi connectivity index (χ1v) is 10.1. The third-order valence-electron chi connectivity index (χ3n) is 5.41. The molecular formula is C26H23NO4. The van der Waals surface area contributed by atoms with Gasteiger partial charge in [-0.05, 0) is 50.1 Å². The Bertz CT molecular complexity index is 1350. The van der Waals surface area contributed by atoms with E-state index in [2.05, 4.69) is 5.32 Å². The summed E-state index contributed by atoms with van der Waals surface area (Å²) < 4.78 is 6.28. The van der Waals surface area contributed by atoms with Crippen LogP contribution in [0.2, 0.25) is 0 Å². The second kappa shape index (κ2) is 8.11. The van der Waals surface area contributed by atoms with E-state index in [4.69, 9.17) is 4.42 Å². The smallest absolute Gasteiger partial charge is 0.337 e. The fraction of sp³-hybridized carbons (Fsp3) is 0.154. The third-order valence-corrected chi connectivity index (χ3v) is 5.41. The molecule has 31 heavy (non-hydrogen) atoms. The first kappa shape index (κ1) is 20.4. The Hall–Kier alpha value is -3.86. The molecule has 156 valence electrons. The molecule has 0 spiro atoms. The summed E-state index contributed by atoms with van der Waals surface area (Å²) >= 11 is 0. The van der Waals surface area contributed by atoms with Crippen molar-refractivity contribution >= 4 is 22.6 Å². The van der Waals surface area contributed by atoms with Crippen molar-refractivity contribution in [2.75, 3.05) is 5.32 Å². The molecule has 0 saturated carbocycles. The highest BCUT2D eigenvalue weighted by Gasteiger charge is 2.18. The molecule has 3 aromatic carbocycles. The molecule has 0 amide bonds. The number of rotatable bonds is 5. The number of fused-ring (bicyclic) bond motifs is 1. The van der Waals surface area contributed by atoms with Gasteiger partial charge in [0.1, 0.15) is 11.3 Å². The van der Waals surface area contributed by atoms with Crippen molar-refractivity contribution in [2.24, 2.45) is 0 Å². The monoisotopic (exact) mass is 413 g/mol. The molecule has 4 rings (SSSR count). The van der Waals surface area contributed by atoms with Crippen LogP contribution in [0.5, 0.6) is 0 Å². The molecule has 1 aromatic heterocycles. The Morgan fingerprint density at radius 3 is 2.45 bits per heavy atom. The zero-order valence-electron chi connectivity index (χ0n) is 17.6. The molecule has 0 aliphatic carbocycles. The molecule has 0 bridgehead atoms. The van der Waals surface area contributed by atoms with Gasteiger partial charge in [-0.15, -0.1) is 0 Å². The molecule has 1 atom stereocenters. The number of hydrogen-bond acceptors (Lipinski definition) is 4. The lowest BCUT2D eigenvalue weighted by atomic mass is 9.99. The fourth-order valence-corrected chi connectivity index (χ4v) is 3.84. The van der Waals surface area contributed by atoms with Crippen molar-refractivity contribution in [3.8, 4) is 11.3 Å². The molecule has 1 heterocycles. The van der Waals surface area contributed by atoms with E-state index in [1.54, 1.807) is 24.3 Å². The normalized spacial score (nSPS) is 12.0. The van der Waals surface area contributed by atoms with Gasteiger partial charge in [0.05, 0.1) is 17.0 Å². The molecule has 2 N–H and O–H groups in total. The Morgan fingerprint density at radius 2 is 1.71 bits per heavy atom. The minimum atomic E-state index is -1.00. The largest absolute Gasteiger partial charge is 0.478 e. The number of aromatic carboxylic acids is 1. The average Bonchev–Trinajstić information content (AvgIpc) is 2.74. The van der Waals surface area contributed by atoms with E-state index in [9.17, 15) is 14.7 Å². The topological polar surface area (TPSA) is 79.5 Å². The van der Waals surface area contributed by atoms with Crippen molar-refractivity contribution in [1.29, 1.82) is 0 Å². The van der Waals surface area contributed by atoms with Crippen LogP contribution in [0.15, 0.2) is 75.9 Å². The number of para-hydroxylation sites is 1. The second-order valence-corrected chi connectivity index (χ2v) is 7.74. The van der Waals surface area contributed by atoms with Gasteiger partial charge in [0.25, 0.3) is 0 Å². The summed E-state index contributed by atoms with van der Waals surface area (Å²) in [6, 6.07) is 19.5. The predicted molar refractivity (Wildman–Crippen MR) is 123 cm³/mol. The van der Waals surface area contributed by atoms with Crippen LogP contribution in [-0.4, -0.2) is 11.1 Å². The van der Waals surface area contributed by atoms with Crippen LogP contribution >= 0.6 is 0 Å². The number of hydrogen-bond donors (Lipinski definition) is 2. The summed E-state index contributed by atoms with van der Waals surface area (Å²) in [7, 11) is 0. The van der Waals surface area contributed by atoms with Crippen LogP contribution in [-0.2, 0) is 0 Å². The lowest BCUT2D eigenvalue weighted by molar-refractivity contribution is 0.0698. The number of anilines is 1. The van der Waals surface area contributed by atoms with E-state index in [0.717, 1.165) is 22.3 Å². The minimum Gasteiger partial charge on any atom is -0.478 e. The minimum absolute atomic E-state index is 0.109. The Kier molecular flexibility index (Phi) is 5.34. The molecule has 0 radical (unpaired) electrons. The predicted octanol–water partition coefficient (Wildman–Crippen LogP) is 5.95. The third kappa shape index (κ3) is 3.94. The summed E-state index contributed by atoms with van der Waals surface area (Å²) in [4.78, 5) is 24.5. The van der Waals surface area contributed by atoms with E-state index in [1.807, 2.05) is 57.2 Å². The van der Waals surface area contributed by atoms with Crippen LogP contribution in [0.3, 0.4) is 0 Å². The maximum absolute atomic E-state index is 13.0. The first-order valence-electron chi connectivity index (χ1n) is 10.1. The Balaban J connectivity index is 1.87. The summed E-state index contributed by atoms with van der Waals surface area (Å²) in [5, 5.41) is 13.3. The van der Waals surface area contributed by atoms with Crippen molar-refractivity contribution in [2.45, 2.75) is 26.8 Å². The lowest BCUT2D eigenvalue weighted by Crippen LogP contribution is -2.12. The highest BCUT2D eigenvalue weighted by molar-refractivity contribution is 5.94. The Morgan fingerprint density at radius 1 is 1.00 bits per heavy atom. The molecule has 1 unspecified atom stereocenters. The maximum atomic E-state index is 13.0. The average molecular weight is 413 g/mol. The van der Waals surface area contributed by atoms with Crippen molar-refractivity contribution < 1.29 is 14.3 Å². The van der Waals surface area contributed by atoms with Gasteiger partial charge < -0.3 is 14.8 Å². The molecule has 0 aliphatic heterocycles. The summed E-state index contributed by atoms with van der Waals surface area (Å²) in [6.07, 6.45) is 0. The zero-order valence-corrected chi connectivity index (χ0v) is 17.6. The van der Waals surface area contributed by atoms with Gasteiger partial charge in [-0.25, -0.2) is 4.79 Å². The van der Waals surface area contributed by atoms with E-state index < -0.39 is 5.97 Å². The SMILES string of the molecule is Cc1cc(C(C)Nc2ccccc2C(=O)O)c2oc(-c3ccccc3C)cc(=O)c2c1. The number of carboxylic acids is 1. The fourth-order valence-electron chi connectivity index (χ4n) is 3.84. The number of aryl methyl sites for hydroxylation is 2. The molecule has 0 fully saturated rings. The molecule has 0 aliphatic rings. The number of benzene rings is 3. The van der Waals surface area contributed by atoms with Crippen molar-refractivity contribution in [3.63, 3.8) is 0 Å². The van der Waals surface area contributed by atoms with Gasteiger partial charge >= 0.3 is 5.97 Å². The number of carbonyl (C=O) groups is 1. The van der Waals surface area contributed by atoms with Crippen molar-refractivity contribution in [1.82, 2.24) is 0 Å². The summed E-state index contributed by atoms with van der Waals surface area (Å²) in [5.41, 5.74) is 4.70. The standard InChI is InChI=1S/C26H23NO4/c1-15-12-20(17(3)27-22-11-7-6-10-19(22)26(29)30)25-21(13-15)23(28)14-24(31-25)18-9-5-4-8-16(18)2/h4-14,17,27H,1-3H3,(H,29,30). The van der Waals surface area contributed by atoms with E-state index in [1.165, 1.54) is 6.07 Å². The van der Waals surface area contributed by atoms with Gasteiger partial charge in [-0.3, -0.25) is 4.79 Å². The summed E-state index contributed by atoms with van der Waals surface area (Å²) in [6.45, 7) is 5.82. The highest BCUT2D eigenvalue weighted by Crippen LogP contribution is 2.32. The van der Waals surface area contributed by atoms with Crippen molar-refractivity contribution in [3.05, 3.63) is 99.2 Å². The van der Waals surface area contributed by atoms with Gasteiger partial charge in [-0.1, -0.05) is 42.5 Å². The molecular weight excluding hydrogens is 390 g/mol. The number of carboxylic acid groups (broad SMARTS) is 1. The zero-order chi connectivity index (χ0) is 22.1. The van der Waals surface area contributed by atoms with Crippen LogP contribution in [0.4, 0.5) is 5.69 Å². The van der Waals surface area contributed by atoms with Gasteiger partial charge in [0.2, 0.25) is 0 Å². The first-order chi connectivity index (χ1) is 14.8. The van der Waals surface area contributed by atoms with E-state index >= 15 is 0 Å². The van der Waals surface area contributed by atoms with Gasteiger partial charge in [-0.2, -0.15) is 0 Å². The Labute approximate surface area is 180 Å². The summed E-state index contributed by atoms with van der Waals surface area (Å²) in [5.74, 6) is -0.489. The van der Waals surface area contributed by atoms with Crippen LogP contribution < -0.4 is 10.7 Å². The lowest BCUT2D eigenvalue weighted by Gasteiger charge is -2.19. The number of nitrogens with one attached hydrogen (secondary N) is 1. The van der Waals surface area contributed by atoms with Crippen LogP contribution in [0.25, 0.3) is 22.3 Å². The quantitative estimate of drug-likeness (QED) is 0.423. The van der Waals surface area contributed by atoms with Crippen LogP contribution in [0, 0.1) is 13.8 Å². The van der Waals surface area contributed by atoms with Gasteiger partial charge in [0, 0.05) is 22.9 Å². The maximum Gasteiger partial charge on any atom is 0.337 e. The second-order valence-electron chi connectivity index (χ2n) is 7.74. The molecule has 5 heteroatoms. The molecule has 0 saturated heterocycles. The van der Waals surface area contributed by atoms with Gasteiger partial charge in [0.15, 0.2) is 5.43 Å². The van der Waals surface area contributed by atoms with E-state index in [-0.39, 0.29) is 17.0 Å². The highest BCUT2D eigenvalue weighted by atomic mass is 16.4. The van der Waals surface area contributed by atoms with Crippen LogP contribution in [0.1, 0.15) is 40.0 Å².